The zero-order valence-corrected chi connectivity index (χ0v) is 31.2. The average Bonchev–Trinajstić information content (AvgIpc) is 3.46. The first-order valence-corrected chi connectivity index (χ1v) is 17.3. The van der Waals surface area contributed by atoms with Gasteiger partial charge in [0, 0.05) is 27.1 Å². The summed E-state index contributed by atoms with van der Waals surface area (Å²) in [5.41, 5.74) is 11.7. The first-order chi connectivity index (χ1) is 24.5. The number of pyridine rings is 1. The molecule has 2 aromatic heterocycles. The van der Waals surface area contributed by atoms with Gasteiger partial charge in [-0.25, -0.2) is 4.98 Å². The Morgan fingerprint density at radius 3 is 1.98 bits per heavy atom. The number of rotatable bonds is 5. The lowest BCUT2D eigenvalue weighted by molar-refractivity contribution is 0.476. The second-order valence-electron chi connectivity index (χ2n) is 16.7. The van der Waals surface area contributed by atoms with Gasteiger partial charge >= 0.3 is 0 Å². The lowest BCUT2D eigenvalue weighted by Crippen LogP contribution is -2.17. The van der Waals surface area contributed by atoms with E-state index < -0.39 is 6.85 Å². The van der Waals surface area contributed by atoms with Gasteiger partial charge in [-0.2, -0.15) is 0 Å². The van der Waals surface area contributed by atoms with Crippen LogP contribution in [-0.2, 0) is 16.2 Å². The molecule has 0 fully saturated rings. The van der Waals surface area contributed by atoms with Crippen molar-refractivity contribution in [2.75, 3.05) is 0 Å². The van der Waals surface area contributed by atoms with Gasteiger partial charge in [-0.1, -0.05) is 110 Å². The van der Waals surface area contributed by atoms with Crippen LogP contribution in [0, 0.1) is 6.85 Å². The second kappa shape index (κ2) is 12.4. The minimum Gasteiger partial charge on any atom is -0.507 e. The zero-order chi connectivity index (χ0) is 38.8. The molecule has 4 nitrogen and oxygen atoms in total. The minimum atomic E-state index is -2.37. The number of nitrogens with zero attached hydrogens (tertiary/aromatic N) is 3. The van der Waals surface area contributed by atoms with E-state index in [1.54, 1.807) is 6.07 Å². The minimum absolute atomic E-state index is 0.0420. The predicted molar refractivity (Wildman–Crippen MR) is 212 cm³/mol. The lowest BCUT2D eigenvalue weighted by Gasteiger charge is -2.27. The molecule has 0 spiro atoms. The van der Waals surface area contributed by atoms with Crippen LogP contribution in [0.4, 0.5) is 0 Å². The first-order valence-electron chi connectivity index (χ1n) is 18.8. The molecule has 0 saturated heterocycles. The van der Waals surface area contributed by atoms with E-state index in [9.17, 15) is 5.11 Å². The summed E-state index contributed by atoms with van der Waals surface area (Å²) in [5, 5.41) is 11.4. The van der Waals surface area contributed by atoms with E-state index in [0.717, 1.165) is 66.9 Å². The summed E-state index contributed by atoms with van der Waals surface area (Å²) in [4.78, 5) is 10.1. The van der Waals surface area contributed by atoms with Crippen LogP contribution in [-0.4, -0.2) is 19.6 Å². The van der Waals surface area contributed by atoms with E-state index in [0.29, 0.717) is 11.4 Å². The van der Waals surface area contributed by atoms with Crippen molar-refractivity contribution in [3.63, 3.8) is 0 Å². The highest BCUT2D eigenvalue weighted by Crippen LogP contribution is 2.41. The molecule has 6 aromatic rings. The van der Waals surface area contributed by atoms with Crippen LogP contribution >= 0.6 is 0 Å². The van der Waals surface area contributed by atoms with Crippen molar-refractivity contribution in [3.05, 3.63) is 126 Å². The van der Waals surface area contributed by atoms with Crippen LogP contribution in [0.25, 0.3) is 56.1 Å². The van der Waals surface area contributed by atoms with Crippen LogP contribution in [0.3, 0.4) is 0 Å². The molecule has 2 heterocycles. The smallest absolute Gasteiger partial charge is 0.149 e. The molecule has 4 aromatic carbocycles. The number of fused-ring (bicyclic) bond motifs is 1. The van der Waals surface area contributed by atoms with Gasteiger partial charge in [-0.15, -0.1) is 0 Å². The fourth-order valence-electron chi connectivity index (χ4n) is 6.31. The Morgan fingerprint density at radius 1 is 0.720 bits per heavy atom. The van der Waals surface area contributed by atoms with Gasteiger partial charge in [0.05, 0.1) is 22.3 Å². The maximum atomic E-state index is 11.4. The van der Waals surface area contributed by atoms with Crippen molar-refractivity contribution < 1.29 is 9.22 Å². The number of allylic oxidation sites excluding steroid dienone is 1. The number of aryl methyl sites for hydroxylation is 1. The van der Waals surface area contributed by atoms with E-state index in [1.807, 2.05) is 31.3 Å². The molecule has 6 rings (SSSR count). The zero-order valence-electron chi connectivity index (χ0n) is 34.2. The van der Waals surface area contributed by atoms with E-state index in [1.165, 1.54) is 12.1 Å². The number of hydrogen-bond acceptors (Lipinski definition) is 3. The van der Waals surface area contributed by atoms with Crippen molar-refractivity contribution in [2.45, 2.75) is 92.3 Å². The van der Waals surface area contributed by atoms with Gasteiger partial charge in [0.1, 0.15) is 11.6 Å². The number of hydrogen-bond donors (Lipinski definition) is 1. The molecular weight excluding hydrogens is 611 g/mol. The van der Waals surface area contributed by atoms with Gasteiger partial charge in [-0.05, 0) is 112 Å². The summed E-state index contributed by atoms with van der Waals surface area (Å²) in [6.07, 6.45) is 1.83. The van der Waals surface area contributed by atoms with E-state index in [2.05, 4.69) is 122 Å². The van der Waals surface area contributed by atoms with Crippen molar-refractivity contribution >= 4 is 16.6 Å². The molecule has 0 aliphatic carbocycles. The molecule has 1 N–H and O–H groups in total. The standard InChI is InChI=1S/C46H51N3O/c1-28(2)30-18-19-47-39(24-30)32-21-31(22-33(23-32)44(4,5)6)37-14-13-15-40-42(37)48-43(38-20-29(3)16-17-41(38)50)49(40)36-26-34(45(7,8)9)25-35(27-36)46(10,11)12/h13-27,50H,1H2,2-12H3/i3D3. The van der Waals surface area contributed by atoms with E-state index in [4.69, 9.17) is 14.1 Å². The van der Waals surface area contributed by atoms with Crippen molar-refractivity contribution in [1.82, 2.24) is 14.5 Å². The summed E-state index contributed by atoms with van der Waals surface area (Å²) in [7, 11) is 0. The average molecular weight is 665 g/mol. The maximum absolute atomic E-state index is 11.4. The summed E-state index contributed by atoms with van der Waals surface area (Å²) in [5.74, 6) is 0.421. The molecule has 50 heavy (non-hydrogen) atoms. The predicted octanol–water partition coefficient (Wildman–Crippen LogP) is 12.4. The summed E-state index contributed by atoms with van der Waals surface area (Å²) < 4.78 is 26.6. The fraction of sp³-hybridized carbons (Fsp3) is 0.304. The first kappa shape index (κ1) is 31.1. The number of phenolic OH excluding ortho intramolecular Hbond substituents is 1. The van der Waals surface area contributed by atoms with Crippen LogP contribution < -0.4 is 0 Å². The Hall–Kier alpha value is -4.96. The Balaban J connectivity index is 1.72. The molecule has 0 aliphatic heterocycles. The highest BCUT2D eigenvalue weighted by molar-refractivity contribution is 5.97. The molecule has 0 aliphatic rings. The van der Waals surface area contributed by atoms with Gasteiger partial charge in [-0.3, -0.25) is 9.55 Å². The monoisotopic (exact) mass is 664 g/mol. The normalized spacial score (nSPS) is 13.6. The van der Waals surface area contributed by atoms with Gasteiger partial charge in [0.15, 0.2) is 0 Å². The van der Waals surface area contributed by atoms with Crippen LogP contribution in [0.1, 0.15) is 101 Å². The number of aromatic hydroxyl groups is 1. The summed E-state index contributed by atoms with van der Waals surface area (Å²) in [6, 6.07) is 28.0. The van der Waals surface area contributed by atoms with Crippen LogP contribution in [0.2, 0.25) is 0 Å². The quantitative estimate of drug-likeness (QED) is 0.199. The molecule has 0 unspecified atom stereocenters. The van der Waals surface area contributed by atoms with Gasteiger partial charge < -0.3 is 5.11 Å². The third kappa shape index (κ3) is 6.76. The van der Waals surface area contributed by atoms with E-state index in [-0.39, 0.29) is 27.6 Å². The Bertz CT molecular complexity index is 2350. The van der Waals surface area contributed by atoms with Gasteiger partial charge in [0.25, 0.3) is 0 Å². The topological polar surface area (TPSA) is 50.9 Å². The Labute approximate surface area is 302 Å². The molecule has 0 atom stereocenters. The fourth-order valence-corrected chi connectivity index (χ4v) is 6.31. The lowest BCUT2D eigenvalue weighted by atomic mass is 9.80. The highest BCUT2D eigenvalue weighted by atomic mass is 16.3. The molecule has 4 heteroatoms. The number of para-hydroxylation sites is 1. The van der Waals surface area contributed by atoms with Crippen molar-refractivity contribution in [2.24, 2.45) is 0 Å². The van der Waals surface area contributed by atoms with Crippen molar-refractivity contribution in [3.8, 4) is 45.2 Å². The molecule has 0 radical (unpaired) electrons. The second-order valence-corrected chi connectivity index (χ2v) is 16.7. The molecule has 0 bridgehead atoms. The molecular formula is C46H51N3O. The molecule has 0 amide bonds. The van der Waals surface area contributed by atoms with E-state index >= 15 is 0 Å². The maximum Gasteiger partial charge on any atom is 0.149 e. The highest BCUT2D eigenvalue weighted by Gasteiger charge is 2.26. The Morgan fingerprint density at radius 2 is 1.36 bits per heavy atom. The van der Waals surface area contributed by atoms with Crippen molar-refractivity contribution in [1.29, 1.82) is 0 Å². The number of benzene rings is 4. The summed E-state index contributed by atoms with van der Waals surface area (Å²) >= 11 is 0. The number of phenols is 1. The van der Waals surface area contributed by atoms with Crippen LogP contribution in [0.15, 0.2) is 97.7 Å². The summed E-state index contributed by atoms with van der Waals surface area (Å²) in [6.45, 7) is 23.6. The third-order valence-corrected chi connectivity index (χ3v) is 9.49. The number of aromatic nitrogens is 3. The Kier molecular flexibility index (Phi) is 7.71. The molecule has 256 valence electrons. The molecule has 0 saturated carbocycles. The number of imidazole rings is 1. The largest absolute Gasteiger partial charge is 0.507 e. The van der Waals surface area contributed by atoms with Gasteiger partial charge in [0.2, 0.25) is 0 Å². The van der Waals surface area contributed by atoms with Crippen LogP contribution in [0.5, 0.6) is 5.75 Å². The third-order valence-electron chi connectivity index (χ3n) is 9.49. The SMILES string of the molecule is [2H]C([2H])([2H])c1ccc(O)c(-c2nc3c(-c4cc(-c5cc(C(=C)C)ccn5)cc(C(C)(C)C)c4)cccc3n2-c2cc(C(C)(C)C)cc(C(C)(C)C)c2)c1.